The molecule has 8 nitrogen and oxygen atoms in total. The fraction of sp³-hybridized carbons (Fsp3) is 0.179. The van der Waals surface area contributed by atoms with Crippen LogP contribution in [0.1, 0.15) is 28.2 Å². The van der Waals surface area contributed by atoms with Gasteiger partial charge in [-0.25, -0.2) is 4.98 Å². The third-order valence-corrected chi connectivity index (χ3v) is 5.43. The summed E-state index contributed by atoms with van der Waals surface area (Å²) in [7, 11) is 1.52. The number of carbonyl (C=O) groups is 2. The lowest BCUT2D eigenvalue weighted by atomic mass is 10.1. The summed E-state index contributed by atoms with van der Waals surface area (Å²) in [5.74, 6) is 1.67. The highest BCUT2D eigenvalue weighted by Crippen LogP contribution is 2.29. The van der Waals surface area contributed by atoms with Crippen molar-refractivity contribution in [1.82, 2.24) is 10.3 Å². The molecule has 0 fully saturated rings. The molecule has 0 spiro atoms. The van der Waals surface area contributed by atoms with Crippen molar-refractivity contribution in [3.63, 3.8) is 0 Å². The van der Waals surface area contributed by atoms with E-state index in [1.54, 1.807) is 37.3 Å². The van der Waals surface area contributed by atoms with Gasteiger partial charge in [0.2, 0.25) is 11.8 Å². The van der Waals surface area contributed by atoms with Crippen LogP contribution < -0.4 is 20.1 Å². The Morgan fingerprint density at radius 1 is 0.944 bits per heavy atom. The molecule has 3 aromatic carbocycles. The second-order valence-corrected chi connectivity index (χ2v) is 7.91. The molecule has 36 heavy (non-hydrogen) atoms. The maximum absolute atomic E-state index is 12.6. The van der Waals surface area contributed by atoms with Crippen LogP contribution in [-0.2, 0) is 11.3 Å². The van der Waals surface area contributed by atoms with E-state index in [1.165, 1.54) is 7.11 Å². The van der Waals surface area contributed by atoms with Gasteiger partial charge in [-0.3, -0.25) is 9.59 Å². The van der Waals surface area contributed by atoms with Gasteiger partial charge in [0.05, 0.1) is 43.5 Å². The number of nitrogens with zero attached hydrogens (tertiary/aromatic N) is 1. The van der Waals surface area contributed by atoms with Crippen LogP contribution in [0.15, 0.2) is 83.3 Å². The topological polar surface area (TPSA) is 103 Å². The summed E-state index contributed by atoms with van der Waals surface area (Å²) in [4.78, 5) is 29.7. The van der Waals surface area contributed by atoms with E-state index in [9.17, 15) is 9.59 Å². The minimum Gasteiger partial charge on any atom is -0.496 e. The monoisotopic (exact) mass is 485 g/mol. The number of benzene rings is 3. The number of amides is 2. The highest BCUT2D eigenvalue weighted by Gasteiger charge is 2.17. The average Bonchev–Trinajstić information content (AvgIpc) is 3.28. The van der Waals surface area contributed by atoms with Gasteiger partial charge in [0.15, 0.2) is 0 Å². The third-order valence-electron chi connectivity index (χ3n) is 5.43. The first-order valence-corrected chi connectivity index (χ1v) is 11.5. The van der Waals surface area contributed by atoms with E-state index < -0.39 is 0 Å². The quantitative estimate of drug-likeness (QED) is 0.328. The number of aryl methyl sites for hydroxylation is 1. The second kappa shape index (κ2) is 11.7. The standard InChI is InChI=1S/C28H27N3O5/c1-19-24(18-29-27(33)22-13-7-9-15-25(22)34-2)31-28(36-19)21-12-6-8-14-23(21)30-26(32)16-17-35-20-10-4-3-5-11-20/h3-15H,16-18H2,1-2H3,(H,29,33)(H,30,32). The van der Waals surface area contributed by atoms with Gasteiger partial charge < -0.3 is 24.5 Å². The normalized spacial score (nSPS) is 10.5. The van der Waals surface area contributed by atoms with Crippen LogP contribution in [0.5, 0.6) is 11.5 Å². The molecule has 184 valence electrons. The Labute approximate surface area is 209 Å². The number of carbonyl (C=O) groups excluding carboxylic acids is 2. The van der Waals surface area contributed by atoms with Crippen LogP contribution in [0.25, 0.3) is 11.5 Å². The fourth-order valence-corrected chi connectivity index (χ4v) is 3.57. The highest BCUT2D eigenvalue weighted by atomic mass is 16.5. The molecule has 1 aromatic heterocycles. The number of oxazole rings is 1. The Hall–Kier alpha value is -4.59. The summed E-state index contributed by atoms with van der Waals surface area (Å²) >= 11 is 0. The molecule has 4 rings (SSSR count). The summed E-state index contributed by atoms with van der Waals surface area (Å²) in [5, 5.41) is 5.76. The summed E-state index contributed by atoms with van der Waals surface area (Å²) in [6.07, 6.45) is 0.189. The van der Waals surface area contributed by atoms with Crippen LogP contribution in [0, 0.1) is 6.92 Å². The van der Waals surface area contributed by atoms with Gasteiger partial charge in [0.1, 0.15) is 23.0 Å². The second-order valence-electron chi connectivity index (χ2n) is 7.91. The van der Waals surface area contributed by atoms with Crippen molar-refractivity contribution in [2.24, 2.45) is 0 Å². The number of hydrogen-bond acceptors (Lipinski definition) is 6. The van der Waals surface area contributed by atoms with E-state index in [2.05, 4.69) is 15.6 Å². The molecule has 0 aliphatic heterocycles. The van der Waals surface area contributed by atoms with E-state index >= 15 is 0 Å². The molecule has 0 unspecified atom stereocenters. The molecule has 0 saturated carbocycles. The lowest BCUT2D eigenvalue weighted by Gasteiger charge is -2.10. The zero-order valence-corrected chi connectivity index (χ0v) is 20.1. The predicted molar refractivity (Wildman–Crippen MR) is 136 cm³/mol. The molecule has 0 bridgehead atoms. The maximum Gasteiger partial charge on any atom is 0.255 e. The van der Waals surface area contributed by atoms with E-state index in [-0.39, 0.29) is 31.4 Å². The van der Waals surface area contributed by atoms with E-state index in [1.807, 2.05) is 48.5 Å². The number of nitrogens with one attached hydrogen (secondary N) is 2. The van der Waals surface area contributed by atoms with Crippen LogP contribution in [-0.4, -0.2) is 30.5 Å². The Kier molecular flexibility index (Phi) is 7.97. The molecule has 1 heterocycles. The number of anilines is 1. The average molecular weight is 486 g/mol. The number of rotatable bonds is 10. The summed E-state index contributed by atoms with van der Waals surface area (Å²) in [6.45, 7) is 2.22. The maximum atomic E-state index is 12.6. The lowest BCUT2D eigenvalue weighted by molar-refractivity contribution is -0.116. The number of methoxy groups -OCH3 is 1. The molecular weight excluding hydrogens is 458 g/mol. The number of aromatic nitrogens is 1. The third kappa shape index (κ3) is 6.09. The Morgan fingerprint density at radius 2 is 1.67 bits per heavy atom. The van der Waals surface area contributed by atoms with Gasteiger partial charge >= 0.3 is 0 Å². The molecule has 0 aliphatic carbocycles. The van der Waals surface area contributed by atoms with Gasteiger partial charge in [-0.05, 0) is 43.3 Å². The first-order valence-electron chi connectivity index (χ1n) is 11.5. The Morgan fingerprint density at radius 3 is 2.47 bits per heavy atom. The van der Waals surface area contributed by atoms with Crippen LogP contribution >= 0.6 is 0 Å². The fourth-order valence-electron chi connectivity index (χ4n) is 3.57. The summed E-state index contributed by atoms with van der Waals surface area (Å²) in [6, 6.07) is 23.6. The molecule has 8 heteroatoms. The van der Waals surface area contributed by atoms with Crippen molar-refractivity contribution in [3.05, 3.63) is 95.9 Å². The molecule has 4 aromatic rings. The molecule has 0 atom stereocenters. The number of ether oxygens (including phenoxy) is 2. The molecule has 0 aliphatic rings. The molecule has 2 N–H and O–H groups in total. The SMILES string of the molecule is COc1ccccc1C(=O)NCc1nc(-c2ccccc2NC(=O)CCOc2ccccc2)oc1C. The lowest BCUT2D eigenvalue weighted by Crippen LogP contribution is -2.23. The van der Waals surface area contributed by atoms with Crippen molar-refractivity contribution in [3.8, 4) is 23.0 Å². The largest absolute Gasteiger partial charge is 0.496 e. The zero-order chi connectivity index (χ0) is 25.3. The highest BCUT2D eigenvalue weighted by molar-refractivity contribution is 5.97. The van der Waals surface area contributed by atoms with Crippen molar-refractivity contribution < 1.29 is 23.5 Å². The predicted octanol–water partition coefficient (Wildman–Crippen LogP) is 5.00. The van der Waals surface area contributed by atoms with Crippen molar-refractivity contribution in [1.29, 1.82) is 0 Å². The van der Waals surface area contributed by atoms with E-state index in [0.29, 0.717) is 45.7 Å². The van der Waals surface area contributed by atoms with Crippen LogP contribution in [0.4, 0.5) is 5.69 Å². The molecule has 0 saturated heterocycles. The smallest absolute Gasteiger partial charge is 0.255 e. The first kappa shape index (κ1) is 24.5. The van der Waals surface area contributed by atoms with E-state index in [0.717, 1.165) is 0 Å². The van der Waals surface area contributed by atoms with Crippen molar-refractivity contribution in [2.45, 2.75) is 19.9 Å². The number of hydrogen-bond donors (Lipinski definition) is 2. The molecule has 0 radical (unpaired) electrons. The minimum absolute atomic E-state index is 0.178. The van der Waals surface area contributed by atoms with Crippen molar-refractivity contribution >= 4 is 17.5 Å². The molecule has 2 amide bonds. The first-order chi connectivity index (χ1) is 17.5. The van der Waals surface area contributed by atoms with Gasteiger partial charge in [0, 0.05) is 0 Å². The zero-order valence-electron chi connectivity index (χ0n) is 20.1. The van der Waals surface area contributed by atoms with E-state index in [4.69, 9.17) is 13.9 Å². The summed E-state index contributed by atoms with van der Waals surface area (Å²) < 4.78 is 16.7. The Bertz CT molecular complexity index is 1330. The van der Waals surface area contributed by atoms with Crippen molar-refractivity contribution in [2.75, 3.05) is 19.0 Å². The van der Waals surface area contributed by atoms with Gasteiger partial charge in [-0.15, -0.1) is 0 Å². The van der Waals surface area contributed by atoms with Gasteiger partial charge in [-0.1, -0.05) is 42.5 Å². The minimum atomic E-state index is -0.276. The van der Waals surface area contributed by atoms with Crippen LogP contribution in [0.3, 0.4) is 0 Å². The van der Waals surface area contributed by atoms with Crippen LogP contribution in [0.2, 0.25) is 0 Å². The number of para-hydroxylation sites is 3. The van der Waals surface area contributed by atoms with Gasteiger partial charge in [0.25, 0.3) is 5.91 Å². The Balaban J connectivity index is 1.40. The molecular formula is C28H27N3O5. The van der Waals surface area contributed by atoms with Gasteiger partial charge in [-0.2, -0.15) is 0 Å². The summed E-state index contributed by atoms with van der Waals surface area (Å²) in [5.41, 5.74) is 2.24.